The lowest BCUT2D eigenvalue weighted by Gasteiger charge is -2.31. The Balaban J connectivity index is 1.64. The molecule has 14 heteroatoms. The molecule has 2 saturated heterocycles. The third-order valence-electron chi connectivity index (χ3n) is 4.65. The molecule has 0 aromatic carbocycles. The van der Waals surface area contributed by atoms with Gasteiger partial charge in [0.25, 0.3) is 0 Å². The highest BCUT2D eigenvalue weighted by Gasteiger charge is 2.65. The largest absolute Gasteiger partial charge is 0.475 e. The number of phosphoric ester groups is 1. The summed E-state index contributed by atoms with van der Waals surface area (Å²) in [6, 6.07) is 1.17. The number of hydrogen-bond donors (Lipinski definition) is 1. The molecule has 3 heterocycles. The van der Waals surface area contributed by atoms with Gasteiger partial charge < -0.3 is 15.2 Å². The van der Waals surface area contributed by atoms with Crippen LogP contribution in [0.1, 0.15) is 33.4 Å². The van der Waals surface area contributed by atoms with Gasteiger partial charge in [-0.05, 0) is 26.3 Å². The van der Waals surface area contributed by atoms with Crippen molar-refractivity contribution in [3.05, 3.63) is 22.7 Å². The number of halogens is 2. The first-order chi connectivity index (χ1) is 14.4. The van der Waals surface area contributed by atoms with Gasteiger partial charge in [0.15, 0.2) is 6.10 Å². The molecule has 1 aromatic rings. The van der Waals surface area contributed by atoms with Crippen molar-refractivity contribution < 1.29 is 41.2 Å². The molecule has 0 radical (unpaired) electrons. The van der Waals surface area contributed by atoms with Gasteiger partial charge in [-0.1, -0.05) is 6.92 Å². The molecule has 1 unspecified atom stereocenters. The Hall–Kier alpha value is -1.92. The summed E-state index contributed by atoms with van der Waals surface area (Å²) in [5, 5.41) is 0. The Morgan fingerprint density at radius 1 is 1.45 bits per heavy atom. The van der Waals surface area contributed by atoms with Crippen molar-refractivity contribution in [2.45, 2.75) is 57.7 Å². The SMILES string of the molecule is CC(C)OC(=O)[C@H](C)CCOP1(=O)OC[C@H]2O[C@@H](n3ccc(N)nc3=O)C(F)(F)[C@@H]2O1. The fourth-order valence-electron chi connectivity index (χ4n) is 3.05. The molecule has 5 atom stereocenters. The van der Waals surface area contributed by atoms with Crippen LogP contribution in [0.15, 0.2) is 17.1 Å². The number of phosphoric acid groups is 1. The van der Waals surface area contributed by atoms with Gasteiger partial charge in [-0.15, -0.1) is 0 Å². The van der Waals surface area contributed by atoms with Crippen LogP contribution in [0.3, 0.4) is 0 Å². The predicted octanol–water partition coefficient (Wildman–Crippen LogP) is 1.88. The van der Waals surface area contributed by atoms with Crippen molar-refractivity contribution in [3.8, 4) is 0 Å². The first-order valence-electron chi connectivity index (χ1n) is 9.59. The fraction of sp³-hybridized carbons (Fsp3) is 0.706. The van der Waals surface area contributed by atoms with Crippen LogP contribution in [0.2, 0.25) is 0 Å². The number of nitrogens with zero attached hydrogens (tertiary/aromatic N) is 2. The molecular formula is C17H24F2N3O8P. The van der Waals surface area contributed by atoms with Crippen LogP contribution in [0.4, 0.5) is 14.6 Å². The van der Waals surface area contributed by atoms with E-state index in [4.69, 9.17) is 28.8 Å². The van der Waals surface area contributed by atoms with Gasteiger partial charge in [0.1, 0.15) is 11.9 Å². The van der Waals surface area contributed by atoms with Crippen LogP contribution in [0.25, 0.3) is 0 Å². The zero-order chi connectivity index (χ0) is 23.0. The molecule has 1 aromatic heterocycles. The van der Waals surface area contributed by atoms with E-state index in [1.54, 1.807) is 20.8 Å². The minimum absolute atomic E-state index is 0.110. The zero-order valence-corrected chi connectivity index (χ0v) is 18.0. The Morgan fingerprint density at radius 2 is 2.16 bits per heavy atom. The number of hydrogen-bond acceptors (Lipinski definition) is 10. The molecule has 3 rings (SSSR count). The van der Waals surface area contributed by atoms with Crippen LogP contribution >= 0.6 is 7.82 Å². The summed E-state index contributed by atoms with van der Waals surface area (Å²) < 4.78 is 68.6. The van der Waals surface area contributed by atoms with Gasteiger partial charge in [-0.3, -0.25) is 22.9 Å². The van der Waals surface area contributed by atoms with Crippen molar-refractivity contribution in [1.82, 2.24) is 9.55 Å². The van der Waals surface area contributed by atoms with E-state index in [2.05, 4.69) is 4.98 Å². The Kier molecular flexibility index (Phi) is 6.82. The quantitative estimate of drug-likeness (QED) is 0.467. The zero-order valence-electron chi connectivity index (χ0n) is 17.1. The maximum absolute atomic E-state index is 15.0. The highest BCUT2D eigenvalue weighted by atomic mass is 31.2. The van der Waals surface area contributed by atoms with E-state index in [1.807, 2.05) is 0 Å². The lowest BCUT2D eigenvalue weighted by Crippen LogP contribution is -2.45. The van der Waals surface area contributed by atoms with E-state index >= 15 is 0 Å². The van der Waals surface area contributed by atoms with Gasteiger partial charge in [0, 0.05) is 6.20 Å². The van der Waals surface area contributed by atoms with Gasteiger partial charge in [0.2, 0.25) is 6.23 Å². The molecular weight excluding hydrogens is 443 g/mol. The average Bonchev–Trinajstić information content (AvgIpc) is 2.91. The molecule has 0 spiro atoms. The van der Waals surface area contributed by atoms with Crippen LogP contribution in [-0.2, 0) is 32.4 Å². The number of esters is 1. The van der Waals surface area contributed by atoms with Gasteiger partial charge >= 0.3 is 25.4 Å². The number of nitrogen functional groups attached to an aromatic ring is 1. The molecule has 2 aliphatic heterocycles. The number of aromatic nitrogens is 2. The van der Waals surface area contributed by atoms with Crippen LogP contribution in [0.5, 0.6) is 0 Å². The second-order valence-corrected chi connectivity index (χ2v) is 9.14. The van der Waals surface area contributed by atoms with Crippen molar-refractivity contribution in [2.24, 2.45) is 5.92 Å². The summed E-state index contributed by atoms with van der Waals surface area (Å²) in [5.41, 5.74) is 4.34. The molecule has 2 N–H and O–H groups in total. The molecule has 31 heavy (non-hydrogen) atoms. The summed E-state index contributed by atoms with van der Waals surface area (Å²) in [5.74, 6) is -4.92. The molecule has 0 amide bonds. The number of carbonyl (C=O) groups is 1. The summed E-state index contributed by atoms with van der Waals surface area (Å²) >= 11 is 0. The van der Waals surface area contributed by atoms with Crippen molar-refractivity contribution >= 4 is 19.6 Å². The van der Waals surface area contributed by atoms with E-state index in [1.165, 1.54) is 6.07 Å². The monoisotopic (exact) mass is 467 g/mol. The number of ether oxygens (including phenoxy) is 2. The summed E-state index contributed by atoms with van der Waals surface area (Å²) in [6.45, 7) is 4.23. The predicted molar refractivity (Wildman–Crippen MR) is 101 cm³/mol. The average molecular weight is 467 g/mol. The Labute approximate surface area is 176 Å². The van der Waals surface area contributed by atoms with E-state index in [-0.39, 0.29) is 24.9 Å². The third-order valence-corrected chi connectivity index (χ3v) is 6.10. The molecule has 0 bridgehead atoms. The molecule has 0 saturated carbocycles. The van der Waals surface area contributed by atoms with E-state index in [0.29, 0.717) is 4.57 Å². The van der Waals surface area contributed by atoms with Gasteiger partial charge in [-0.2, -0.15) is 13.8 Å². The molecule has 2 aliphatic rings. The van der Waals surface area contributed by atoms with Gasteiger partial charge in [0.05, 0.1) is 25.2 Å². The highest BCUT2D eigenvalue weighted by Crippen LogP contribution is 2.59. The lowest BCUT2D eigenvalue weighted by molar-refractivity contribution is -0.152. The highest BCUT2D eigenvalue weighted by molar-refractivity contribution is 7.48. The minimum atomic E-state index is -4.35. The number of fused-ring (bicyclic) bond motifs is 1. The third kappa shape index (κ3) is 5.12. The maximum atomic E-state index is 15.0. The smallest absolute Gasteiger partial charge is 0.463 e. The van der Waals surface area contributed by atoms with E-state index in [0.717, 1.165) is 6.20 Å². The van der Waals surface area contributed by atoms with Crippen molar-refractivity contribution in [3.63, 3.8) is 0 Å². The minimum Gasteiger partial charge on any atom is -0.463 e. The second kappa shape index (κ2) is 8.91. The molecule has 11 nitrogen and oxygen atoms in total. The number of anilines is 1. The Morgan fingerprint density at radius 3 is 2.81 bits per heavy atom. The summed E-state index contributed by atoms with van der Waals surface area (Å²) in [6.07, 6.45) is -4.49. The number of alkyl halides is 2. The molecule has 0 aliphatic carbocycles. The molecule has 174 valence electrons. The summed E-state index contributed by atoms with van der Waals surface area (Å²) in [4.78, 5) is 27.1. The lowest BCUT2D eigenvalue weighted by atomic mass is 10.1. The normalized spacial score (nSPS) is 30.7. The van der Waals surface area contributed by atoms with Crippen LogP contribution in [0, 0.1) is 5.92 Å². The number of nitrogens with two attached hydrogens (primary N) is 1. The topological polar surface area (TPSA) is 141 Å². The first-order valence-corrected chi connectivity index (χ1v) is 11.0. The summed E-state index contributed by atoms with van der Waals surface area (Å²) in [7, 11) is -4.35. The van der Waals surface area contributed by atoms with Crippen molar-refractivity contribution in [1.29, 1.82) is 0 Å². The van der Waals surface area contributed by atoms with E-state index in [9.17, 15) is 22.9 Å². The van der Waals surface area contributed by atoms with E-state index < -0.39 is 56.4 Å². The molecule has 2 fully saturated rings. The Bertz CT molecular complexity index is 927. The van der Waals surface area contributed by atoms with Gasteiger partial charge in [-0.25, -0.2) is 9.36 Å². The fourth-order valence-corrected chi connectivity index (χ4v) is 4.45. The number of rotatable bonds is 7. The standard InChI is InChI=1S/C17H24F2N3O8P/c1-9(2)28-14(23)10(3)5-7-26-31(25)27-8-11-13(30-31)17(18,19)15(29-11)22-6-4-12(20)21-16(22)24/h4,6,9-11,13,15H,5,7-8H2,1-3H3,(H2,20,21,24)/t10-,11-,13-,15-,31?/m1/s1. The second-order valence-electron chi connectivity index (χ2n) is 7.52. The van der Waals surface area contributed by atoms with Crippen LogP contribution in [-0.4, -0.2) is 53.0 Å². The van der Waals surface area contributed by atoms with Crippen molar-refractivity contribution in [2.75, 3.05) is 18.9 Å². The number of carbonyl (C=O) groups excluding carboxylic acids is 1. The van der Waals surface area contributed by atoms with Crippen LogP contribution < -0.4 is 11.4 Å². The maximum Gasteiger partial charge on any atom is 0.475 e. The first kappa shape index (κ1) is 23.7.